The summed E-state index contributed by atoms with van der Waals surface area (Å²) < 4.78 is 67.7. The molecule has 1 aromatic carbocycles. The Kier molecular flexibility index (Phi) is 8.95. The molecule has 0 fully saturated rings. The fourth-order valence-corrected chi connectivity index (χ4v) is 3.77. The molecule has 0 bridgehead atoms. The van der Waals surface area contributed by atoms with E-state index in [1.165, 1.54) is 0 Å². The highest BCUT2D eigenvalue weighted by Crippen LogP contribution is 2.48. The van der Waals surface area contributed by atoms with Crippen LogP contribution in [-0.4, -0.2) is 30.9 Å². The van der Waals surface area contributed by atoms with Crippen LogP contribution in [0.5, 0.6) is 0 Å². The Morgan fingerprint density at radius 3 is 2.17 bits per heavy atom. The molecule has 1 aromatic rings. The van der Waals surface area contributed by atoms with Crippen molar-refractivity contribution in [2.75, 3.05) is 19.4 Å². The summed E-state index contributed by atoms with van der Waals surface area (Å²) in [5.74, 6) is 4.25. The lowest BCUT2D eigenvalue weighted by molar-refractivity contribution is -0.137. The standard InChI is InChI=1S/C20H26F3O5P/c1-6-26-29(25,27-7-2)13-9-8-10-15-14-16(18(24)28-19(3,4)5)11-12-17(15)20(21,22)23/h11-12,14H,6-7,9,13H2,1-5H3. The lowest BCUT2D eigenvalue weighted by atomic mass is 10.0. The van der Waals surface area contributed by atoms with Crippen molar-refractivity contribution in [1.82, 2.24) is 0 Å². The molecule has 0 aliphatic carbocycles. The zero-order chi connectivity index (χ0) is 22.3. The topological polar surface area (TPSA) is 61.8 Å². The Bertz CT molecular complexity index is 806. The minimum absolute atomic E-state index is 0.00520. The second kappa shape index (κ2) is 10.3. The third kappa shape index (κ3) is 8.61. The van der Waals surface area contributed by atoms with Crippen molar-refractivity contribution >= 4 is 13.6 Å². The van der Waals surface area contributed by atoms with Gasteiger partial charge in [-0.25, -0.2) is 4.79 Å². The van der Waals surface area contributed by atoms with Crippen LogP contribution in [0.3, 0.4) is 0 Å². The first kappa shape index (κ1) is 25.2. The maximum absolute atomic E-state index is 13.3. The normalized spacial score (nSPS) is 12.3. The van der Waals surface area contributed by atoms with Crippen molar-refractivity contribution in [3.63, 3.8) is 0 Å². The fourth-order valence-electron chi connectivity index (χ4n) is 2.27. The van der Waals surface area contributed by atoms with Crippen molar-refractivity contribution in [2.24, 2.45) is 0 Å². The van der Waals surface area contributed by atoms with E-state index in [4.69, 9.17) is 13.8 Å². The maximum atomic E-state index is 13.3. The number of halogens is 3. The first-order valence-electron chi connectivity index (χ1n) is 9.13. The summed E-state index contributed by atoms with van der Waals surface area (Å²) in [6, 6.07) is 2.91. The zero-order valence-corrected chi connectivity index (χ0v) is 18.1. The van der Waals surface area contributed by atoms with E-state index in [1.807, 2.05) is 0 Å². The number of carbonyl (C=O) groups excluding carboxylic acids is 1. The van der Waals surface area contributed by atoms with Crippen molar-refractivity contribution in [2.45, 2.75) is 52.8 Å². The van der Waals surface area contributed by atoms with Crippen LogP contribution >= 0.6 is 7.60 Å². The number of rotatable bonds is 7. The van der Waals surface area contributed by atoms with Gasteiger partial charge in [-0.1, -0.05) is 11.8 Å². The highest BCUT2D eigenvalue weighted by molar-refractivity contribution is 7.53. The van der Waals surface area contributed by atoms with Gasteiger partial charge in [0.05, 0.1) is 30.5 Å². The predicted molar refractivity (Wildman–Crippen MR) is 104 cm³/mol. The molecule has 0 saturated heterocycles. The number of ether oxygens (including phenoxy) is 1. The van der Waals surface area contributed by atoms with Gasteiger partial charge in [0, 0.05) is 12.0 Å². The van der Waals surface area contributed by atoms with Crippen LogP contribution in [0.4, 0.5) is 13.2 Å². The molecular weight excluding hydrogens is 408 g/mol. The van der Waals surface area contributed by atoms with Crippen molar-refractivity contribution in [1.29, 1.82) is 0 Å². The molecule has 9 heteroatoms. The average molecular weight is 434 g/mol. The van der Waals surface area contributed by atoms with Gasteiger partial charge in [-0.3, -0.25) is 4.57 Å². The summed E-state index contributed by atoms with van der Waals surface area (Å²) in [6.07, 6.45) is -4.68. The minimum atomic E-state index is -4.64. The quantitative estimate of drug-likeness (QED) is 0.314. The Balaban J connectivity index is 3.12. The van der Waals surface area contributed by atoms with Crippen molar-refractivity contribution < 1.29 is 36.3 Å². The highest BCUT2D eigenvalue weighted by atomic mass is 31.2. The van der Waals surface area contributed by atoms with Gasteiger partial charge in [-0.2, -0.15) is 13.2 Å². The van der Waals surface area contributed by atoms with Gasteiger partial charge in [0.25, 0.3) is 0 Å². The van der Waals surface area contributed by atoms with Gasteiger partial charge < -0.3 is 13.8 Å². The first-order valence-corrected chi connectivity index (χ1v) is 10.9. The van der Waals surface area contributed by atoms with E-state index in [0.29, 0.717) is 0 Å². The third-order valence-electron chi connectivity index (χ3n) is 3.34. The third-order valence-corrected chi connectivity index (χ3v) is 5.42. The summed E-state index contributed by atoms with van der Waals surface area (Å²) in [4.78, 5) is 12.2. The fraction of sp³-hybridized carbons (Fsp3) is 0.550. The summed E-state index contributed by atoms with van der Waals surface area (Å²) in [5.41, 5.74) is -2.14. The molecule has 0 saturated carbocycles. The number of hydrogen-bond donors (Lipinski definition) is 0. The molecule has 0 unspecified atom stereocenters. The summed E-state index contributed by atoms with van der Waals surface area (Å²) in [7, 11) is -3.33. The van der Waals surface area contributed by atoms with Gasteiger partial charge >= 0.3 is 19.7 Å². The molecular formula is C20H26F3O5P. The molecule has 1 rings (SSSR count). The molecule has 29 heavy (non-hydrogen) atoms. The second-order valence-corrected chi connectivity index (χ2v) is 9.17. The number of hydrogen-bond acceptors (Lipinski definition) is 5. The van der Waals surface area contributed by atoms with Crippen molar-refractivity contribution in [3.05, 3.63) is 34.9 Å². The molecule has 0 aromatic heterocycles. The molecule has 0 heterocycles. The smallest absolute Gasteiger partial charge is 0.417 e. The van der Waals surface area contributed by atoms with Gasteiger partial charge in [0.2, 0.25) is 0 Å². The summed E-state index contributed by atoms with van der Waals surface area (Å²) in [5, 5.41) is 0. The van der Waals surface area contributed by atoms with Gasteiger partial charge in [0.1, 0.15) is 5.60 Å². The zero-order valence-electron chi connectivity index (χ0n) is 17.2. The van der Waals surface area contributed by atoms with Crippen molar-refractivity contribution in [3.8, 4) is 11.8 Å². The molecule has 162 valence electrons. The molecule has 0 amide bonds. The average Bonchev–Trinajstić information content (AvgIpc) is 2.56. The van der Waals surface area contributed by atoms with Crippen LogP contribution in [0.1, 0.15) is 62.5 Å². The molecule has 5 nitrogen and oxygen atoms in total. The Morgan fingerprint density at radius 2 is 1.69 bits per heavy atom. The van der Waals surface area contributed by atoms with E-state index in [0.717, 1.165) is 18.2 Å². The van der Waals surface area contributed by atoms with E-state index in [1.54, 1.807) is 34.6 Å². The van der Waals surface area contributed by atoms with Crippen LogP contribution in [0, 0.1) is 11.8 Å². The number of benzene rings is 1. The lowest BCUT2D eigenvalue weighted by Gasteiger charge is -2.20. The van der Waals surface area contributed by atoms with Crippen LogP contribution in [0.25, 0.3) is 0 Å². The number of carbonyl (C=O) groups is 1. The van der Waals surface area contributed by atoms with Crippen LogP contribution in [0.2, 0.25) is 0 Å². The predicted octanol–water partition coefficient (Wildman–Crippen LogP) is 5.67. The largest absolute Gasteiger partial charge is 0.456 e. The SMILES string of the molecule is CCOP(=O)(CCC#Cc1cc(C(=O)OC(C)(C)C)ccc1C(F)(F)F)OCC. The highest BCUT2D eigenvalue weighted by Gasteiger charge is 2.33. The van der Waals surface area contributed by atoms with E-state index in [2.05, 4.69) is 11.8 Å². The van der Waals surface area contributed by atoms with Gasteiger partial charge in [-0.05, 0) is 52.8 Å². The summed E-state index contributed by atoms with van der Waals surface area (Å²) >= 11 is 0. The van der Waals surface area contributed by atoms with Crippen LogP contribution in [-0.2, 0) is 24.5 Å². The molecule has 0 aliphatic heterocycles. The van der Waals surface area contributed by atoms with Gasteiger partial charge in [0.15, 0.2) is 0 Å². The van der Waals surface area contributed by atoms with Crippen LogP contribution in [0.15, 0.2) is 18.2 Å². The number of esters is 1. The Morgan fingerprint density at radius 1 is 1.10 bits per heavy atom. The Labute approximate surface area is 169 Å². The molecule has 0 spiro atoms. The second-order valence-electron chi connectivity index (χ2n) is 6.98. The Hall–Kier alpha value is -1.81. The maximum Gasteiger partial charge on any atom is 0.417 e. The van der Waals surface area contributed by atoms with Crippen LogP contribution < -0.4 is 0 Å². The number of alkyl halides is 3. The van der Waals surface area contributed by atoms with E-state index in [9.17, 15) is 22.5 Å². The van der Waals surface area contributed by atoms with E-state index in [-0.39, 0.29) is 36.9 Å². The molecule has 0 radical (unpaired) electrons. The first-order chi connectivity index (χ1) is 13.3. The summed E-state index contributed by atoms with van der Waals surface area (Å²) in [6.45, 7) is 8.66. The molecule has 0 atom stereocenters. The lowest BCUT2D eigenvalue weighted by Crippen LogP contribution is -2.24. The molecule has 0 aliphatic rings. The van der Waals surface area contributed by atoms with Gasteiger partial charge in [-0.15, -0.1) is 0 Å². The molecule has 0 N–H and O–H groups in total. The van der Waals surface area contributed by atoms with E-state index < -0.39 is 30.9 Å². The minimum Gasteiger partial charge on any atom is -0.456 e. The monoisotopic (exact) mass is 434 g/mol. The van der Waals surface area contributed by atoms with E-state index >= 15 is 0 Å².